The van der Waals surface area contributed by atoms with E-state index in [1.807, 2.05) is 64.2 Å². The van der Waals surface area contributed by atoms with Crippen molar-refractivity contribution in [1.29, 1.82) is 0 Å². The Kier molecular flexibility index (Phi) is 7.11. The van der Waals surface area contributed by atoms with Crippen molar-refractivity contribution < 1.29 is 14.5 Å². The van der Waals surface area contributed by atoms with Gasteiger partial charge in [0.2, 0.25) is 5.91 Å². The topological polar surface area (TPSA) is 115 Å². The van der Waals surface area contributed by atoms with Gasteiger partial charge in [0.05, 0.1) is 22.3 Å². The van der Waals surface area contributed by atoms with Gasteiger partial charge in [-0.1, -0.05) is 12.1 Å². The van der Waals surface area contributed by atoms with Gasteiger partial charge in [0.1, 0.15) is 12.6 Å². The molecule has 2 N–H and O–H groups in total. The Balaban J connectivity index is 1.57. The summed E-state index contributed by atoms with van der Waals surface area (Å²) in [4.78, 5) is 29.5. The summed E-state index contributed by atoms with van der Waals surface area (Å²) in [5.41, 5.74) is 3.78. The maximum Gasteiger partial charge on any atom is 0.271 e. The molecule has 10 nitrogen and oxygen atoms in total. The number of nitro groups is 1. The summed E-state index contributed by atoms with van der Waals surface area (Å²) in [6, 6.07) is 22.8. The minimum absolute atomic E-state index is 0.00598. The van der Waals surface area contributed by atoms with Crippen molar-refractivity contribution in [3.05, 3.63) is 113 Å². The number of rotatable bonds is 8. The molecule has 2 aromatic heterocycles. The minimum Gasteiger partial charge on any atom is -0.375 e. The molecule has 38 heavy (non-hydrogen) atoms. The van der Waals surface area contributed by atoms with Crippen LogP contribution in [0.25, 0.3) is 5.69 Å². The second-order valence-corrected chi connectivity index (χ2v) is 8.99. The molecule has 0 unspecified atom stereocenters. The average molecular weight is 529 g/mol. The fraction of sp³-hybridized carbons (Fsp3) is 0.148. The number of benzene rings is 2. The van der Waals surface area contributed by atoms with Gasteiger partial charge in [-0.2, -0.15) is 0 Å². The number of ether oxygens (including phenoxy) is 1. The monoisotopic (exact) mass is 528 g/mol. The summed E-state index contributed by atoms with van der Waals surface area (Å²) >= 11 is 5.81. The smallest absolute Gasteiger partial charge is 0.271 e. The van der Waals surface area contributed by atoms with E-state index in [9.17, 15) is 14.9 Å². The number of nitrogens with zero attached hydrogens (tertiary/aromatic N) is 4. The van der Waals surface area contributed by atoms with E-state index in [-0.39, 0.29) is 30.3 Å². The Morgan fingerprint density at radius 3 is 2.63 bits per heavy atom. The van der Waals surface area contributed by atoms with E-state index in [0.29, 0.717) is 16.5 Å². The standard InChI is InChI=1S/C27H24N6O4S/c1-37-17-24(34)29-18-10-12-19(13-11-18)32-26(25(30-27(32)38)22-8-2-3-14-28-22)23-9-5-15-31(23)20-6-4-7-21(16-20)33(35)36/h2-16,25-26H,17H2,1H3,(H,29,34)(H,30,38)/t25-,26+/m1/s1. The van der Waals surface area contributed by atoms with Crippen LogP contribution in [0.2, 0.25) is 0 Å². The van der Waals surface area contributed by atoms with Gasteiger partial charge in [-0.15, -0.1) is 0 Å². The van der Waals surface area contributed by atoms with Crippen LogP contribution in [-0.4, -0.2) is 39.2 Å². The molecule has 4 aromatic rings. The predicted octanol–water partition coefficient (Wildman–Crippen LogP) is 4.54. The number of carbonyl (C=O) groups is 1. The number of carbonyl (C=O) groups excluding carboxylic acids is 1. The van der Waals surface area contributed by atoms with Crippen LogP contribution in [0, 0.1) is 10.1 Å². The van der Waals surface area contributed by atoms with Crippen LogP contribution >= 0.6 is 12.2 Å². The van der Waals surface area contributed by atoms with Crippen LogP contribution in [-0.2, 0) is 9.53 Å². The molecule has 3 heterocycles. The van der Waals surface area contributed by atoms with E-state index in [1.54, 1.807) is 30.5 Å². The van der Waals surface area contributed by atoms with Crippen LogP contribution in [0.15, 0.2) is 91.3 Å². The second-order valence-electron chi connectivity index (χ2n) is 8.60. The second kappa shape index (κ2) is 10.8. The SMILES string of the molecule is COCC(=O)Nc1ccc(N2C(=S)N[C@H](c3ccccn3)[C@@H]2c2cccn2-c2cccc([N+](=O)[O-])c2)cc1. The molecular formula is C27H24N6O4S. The number of thiocarbonyl (C=S) groups is 1. The fourth-order valence-electron chi connectivity index (χ4n) is 4.59. The molecule has 0 spiro atoms. The first-order chi connectivity index (χ1) is 18.5. The zero-order chi connectivity index (χ0) is 26.6. The third kappa shape index (κ3) is 4.97. The Labute approximate surface area is 224 Å². The zero-order valence-corrected chi connectivity index (χ0v) is 21.2. The van der Waals surface area contributed by atoms with Crippen molar-refractivity contribution in [1.82, 2.24) is 14.9 Å². The summed E-state index contributed by atoms with van der Waals surface area (Å²) in [6.45, 7) is -0.0374. The van der Waals surface area contributed by atoms with Crippen molar-refractivity contribution in [2.45, 2.75) is 12.1 Å². The van der Waals surface area contributed by atoms with E-state index < -0.39 is 4.92 Å². The first kappa shape index (κ1) is 25.1. The molecule has 0 bridgehead atoms. The maximum atomic E-state index is 11.9. The fourth-order valence-corrected chi connectivity index (χ4v) is 4.94. The van der Waals surface area contributed by atoms with E-state index in [1.165, 1.54) is 13.2 Å². The van der Waals surface area contributed by atoms with Gasteiger partial charge in [0, 0.05) is 48.7 Å². The Morgan fingerprint density at radius 2 is 1.92 bits per heavy atom. The number of nitrogens with one attached hydrogen (secondary N) is 2. The molecule has 5 rings (SSSR count). The minimum atomic E-state index is -0.408. The molecule has 2 aromatic carbocycles. The Hall–Kier alpha value is -4.61. The highest BCUT2D eigenvalue weighted by atomic mass is 32.1. The number of amides is 1. The van der Waals surface area contributed by atoms with Gasteiger partial charge >= 0.3 is 0 Å². The summed E-state index contributed by atoms with van der Waals surface area (Å²) < 4.78 is 6.81. The van der Waals surface area contributed by atoms with Crippen molar-refractivity contribution in [2.24, 2.45) is 0 Å². The number of hydrogen-bond donors (Lipinski definition) is 2. The van der Waals surface area contributed by atoms with Crippen LogP contribution in [0.5, 0.6) is 0 Å². The molecule has 1 fully saturated rings. The third-order valence-electron chi connectivity index (χ3n) is 6.20. The summed E-state index contributed by atoms with van der Waals surface area (Å²) in [7, 11) is 1.46. The van der Waals surface area contributed by atoms with Gasteiger partial charge in [-0.3, -0.25) is 19.9 Å². The molecule has 2 atom stereocenters. The lowest BCUT2D eigenvalue weighted by Crippen LogP contribution is -2.30. The highest BCUT2D eigenvalue weighted by Gasteiger charge is 2.42. The van der Waals surface area contributed by atoms with E-state index in [0.717, 1.165) is 17.1 Å². The highest BCUT2D eigenvalue weighted by molar-refractivity contribution is 7.80. The predicted molar refractivity (Wildman–Crippen MR) is 147 cm³/mol. The average Bonchev–Trinajstić information content (AvgIpc) is 3.54. The molecule has 1 aliphatic heterocycles. The van der Waals surface area contributed by atoms with Crippen LogP contribution in [0.3, 0.4) is 0 Å². The Morgan fingerprint density at radius 1 is 1.11 bits per heavy atom. The van der Waals surface area contributed by atoms with E-state index >= 15 is 0 Å². The maximum absolute atomic E-state index is 11.9. The molecule has 1 saturated heterocycles. The molecule has 0 saturated carbocycles. The van der Waals surface area contributed by atoms with Crippen molar-refractivity contribution in [3.8, 4) is 5.69 Å². The lowest BCUT2D eigenvalue weighted by molar-refractivity contribution is -0.384. The molecular weight excluding hydrogens is 504 g/mol. The van der Waals surface area contributed by atoms with Gasteiger partial charge in [0.25, 0.3) is 5.69 Å². The van der Waals surface area contributed by atoms with Crippen LogP contribution < -0.4 is 15.5 Å². The van der Waals surface area contributed by atoms with Gasteiger partial charge in [0.15, 0.2) is 5.11 Å². The van der Waals surface area contributed by atoms with Crippen molar-refractivity contribution >= 4 is 40.3 Å². The van der Waals surface area contributed by atoms with Crippen molar-refractivity contribution in [2.75, 3.05) is 23.9 Å². The number of non-ortho nitro benzene ring substituents is 1. The number of anilines is 2. The summed E-state index contributed by atoms with van der Waals surface area (Å²) in [5.74, 6) is -0.249. The normalized spacial score (nSPS) is 16.8. The zero-order valence-electron chi connectivity index (χ0n) is 20.4. The molecule has 11 heteroatoms. The Bertz CT molecular complexity index is 1470. The third-order valence-corrected chi connectivity index (χ3v) is 6.52. The largest absolute Gasteiger partial charge is 0.375 e. The van der Waals surface area contributed by atoms with Gasteiger partial charge < -0.3 is 24.8 Å². The number of nitro benzene ring substituents is 1. The van der Waals surface area contributed by atoms with Gasteiger partial charge in [-0.25, -0.2) is 0 Å². The van der Waals surface area contributed by atoms with Crippen LogP contribution in [0.4, 0.5) is 17.1 Å². The molecule has 0 aliphatic carbocycles. The molecule has 1 amide bonds. The number of methoxy groups -OCH3 is 1. The van der Waals surface area contributed by atoms with Crippen LogP contribution in [0.1, 0.15) is 23.5 Å². The first-order valence-corrected chi connectivity index (χ1v) is 12.2. The van der Waals surface area contributed by atoms with Crippen molar-refractivity contribution in [3.63, 3.8) is 0 Å². The van der Waals surface area contributed by atoms with Gasteiger partial charge in [-0.05, 0) is 66.8 Å². The lowest BCUT2D eigenvalue weighted by atomic mass is 10.0. The summed E-state index contributed by atoms with van der Waals surface area (Å²) in [6.07, 6.45) is 3.61. The highest BCUT2D eigenvalue weighted by Crippen LogP contribution is 2.42. The first-order valence-electron chi connectivity index (χ1n) is 11.8. The molecule has 1 aliphatic rings. The number of hydrogen-bond acceptors (Lipinski definition) is 6. The number of aromatic nitrogens is 2. The lowest BCUT2D eigenvalue weighted by Gasteiger charge is -2.29. The summed E-state index contributed by atoms with van der Waals surface area (Å²) in [5, 5.41) is 18.1. The quantitative estimate of drug-likeness (QED) is 0.195. The van der Waals surface area contributed by atoms with E-state index in [2.05, 4.69) is 15.6 Å². The molecule has 192 valence electrons. The number of pyridine rings is 1. The van der Waals surface area contributed by atoms with E-state index in [4.69, 9.17) is 17.0 Å². The molecule has 0 radical (unpaired) electrons.